The molecule has 0 N–H and O–H groups in total. The van der Waals surface area contributed by atoms with Crippen molar-refractivity contribution in [1.82, 2.24) is 0 Å². The lowest BCUT2D eigenvalue weighted by atomic mass is 10.1. The van der Waals surface area contributed by atoms with Crippen molar-refractivity contribution < 1.29 is 4.39 Å². The molecule has 28 heavy (non-hydrogen) atoms. The molecule has 0 aliphatic heterocycles. The maximum atomic E-state index is 13.3. The molecule has 0 radical (unpaired) electrons. The van der Waals surface area contributed by atoms with E-state index >= 15 is 0 Å². The molecular weight excluding hydrogens is 430 g/mol. The summed E-state index contributed by atoms with van der Waals surface area (Å²) in [5, 5.41) is 4.03. The molecule has 0 heterocycles. The van der Waals surface area contributed by atoms with Crippen LogP contribution in [0.1, 0.15) is 11.1 Å². The summed E-state index contributed by atoms with van der Waals surface area (Å²) in [6.45, 7) is 0. The van der Waals surface area contributed by atoms with Crippen LogP contribution in [-0.2, 0) is 6.42 Å². The Bertz CT molecular complexity index is 962. The summed E-state index contributed by atoms with van der Waals surface area (Å²) in [4.78, 5) is 0. The quantitative estimate of drug-likeness (QED) is 0.339. The smallest absolute Gasteiger partial charge is 0.123 e. The predicted molar refractivity (Wildman–Crippen MR) is 125 cm³/mol. The van der Waals surface area contributed by atoms with E-state index in [1.165, 1.54) is 33.6 Å². The lowest BCUT2D eigenvalue weighted by Gasteiger charge is -2.22. The largest absolute Gasteiger partial charge is 0.207 e. The fraction of sp³-hybridized carbons (Fsp3) is 0.0400. The van der Waals surface area contributed by atoms with Gasteiger partial charge in [0.25, 0.3) is 0 Å². The third-order valence-corrected chi connectivity index (χ3v) is 7.12. The van der Waals surface area contributed by atoms with E-state index in [4.69, 9.17) is 0 Å². The van der Waals surface area contributed by atoms with Gasteiger partial charge in [-0.15, -0.1) is 17.0 Å². The van der Waals surface area contributed by atoms with E-state index in [2.05, 4.69) is 84.9 Å². The van der Waals surface area contributed by atoms with Gasteiger partial charge < -0.3 is 0 Å². The summed E-state index contributed by atoms with van der Waals surface area (Å²) in [7, 11) is -0.643. The SMILES string of the molecule is Br.Fc1ccc(Cc2ccccc2P(c2ccccc2)c2ccccc2)cc1. The Morgan fingerprint density at radius 1 is 0.571 bits per heavy atom. The van der Waals surface area contributed by atoms with Crippen LogP contribution in [0.5, 0.6) is 0 Å². The molecule has 0 aromatic heterocycles. The zero-order valence-corrected chi connectivity index (χ0v) is 17.9. The first kappa shape index (κ1) is 20.5. The fourth-order valence-electron chi connectivity index (χ4n) is 3.28. The van der Waals surface area contributed by atoms with Crippen LogP contribution >= 0.6 is 24.9 Å². The molecule has 140 valence electrons. The molecule has 0 saturated carbocycles. The zero-order chi connectivity index (χ0) is 18.5. The van der Waals surface area contributed by atoms with Crippen molar-refractivity contribution in [3.05, 3.63) is 126 Å². The van der Waals surface area contributed by atoms with Crippen LogP contribution in [-0.4, -0.2) is 0 Å². The minimum Gasteiger partial charge on any atom is -0.207 e. The molecule has 0 amide bonds. The van der Waals surface area contributed by atoms with Crippen LogP contribution in [0.15, 0.2) is 109 Å². The van der Waals surface area contributed by atoms with Gasteiger partial charge in [0.2, 0.25) is 0 Å². The summed E-state index contributed by atoms with van der Waals surface area (Å²) in [6.07, 6.45) is 0.801. The van der Waals surface area contributed by atoms with Gasteiger partial charge in [0.1, 0.15) is 5.82 Å². The van der Waals surface area contributed by atoms with Gasteiger partial charge in [-0.2, -0.15) is 0 Å². The first-order valence-corrected chi connectivity index (χ1v) is 10.4. The molecule has 0 aliphatic carbocycles. The molecule has 4 rings (SSSR count). The summed E-state index contributed by atoms with van der Waals surface area (Å²) < 4.78 is 13.3. The molecule has 0 fully saturated rings. The lowest BCUT2D eigenvalue weighted by molar-refractivity contribution is 0.627. The van der Waals surface area contributed by atoms with E-state index in [-0.39, 0.29) is 22.8 Å². The van der Waals surface area contributed by atoms with Crippen LogP contribution in [0.25, 0.3) is 0 Å². The molecule has 4 aromatic rings. The molecular formula is C25H21BrFP. The predicted octanol–water partition coefficient (Wildman–Crippen LogP) is 5.75. The highest BCUT2D eigenvalue weighted by Crippen LogP contribution is 2.34. The Labute approximate surface area is 177 Å². The average molecular weight is 451 g/mol. The molecule has 3 heteroatoms. The summed E-state index contributed by atoms with van der Waals surface area (Å²) in [5.74, 6) is -0.192. The molecule has 0 nitrogen and oxygen atoms in total. The van der Waals surface area contributed by atoms with E-state index in [0.717, 1.165) is 12.0 Å². The zero-order valence-electron chi connectivity index (χ0n) is 15.3. The van der Waals surface area contributed by atoms with Gasteiger partial charge in [0.15, 0.2) is 0 Å². The maximum absolute atomic E-state index is 13.3. The summed E-state index contributed by atoms with van der Waals surface area (Å²) in [6, 6.07) is 36.9. The third kappa shape index (κ3) is 4.76. The van der Waals surface area contributed by atoms with Crippen molar-refractivity contribution in [2.45, 2.75) is 6.42 Å². The highest BCUT2D eigenvalue weighted by atomic mass is 79.9. The topological polar surface area (TPSA) is 0 Å². The minimum absolute atomic E-state index is 0. The number of benzene rings is 4. The standard InChI is InChI=1S/C25H20FP.BrH/c26-22-17-15-20(16-18-22)19-21-9-7-8-14-25(21)27(23-10-3-1-4-11-23)24-12-5-2-6-13-24;/h1-18H,19H2;1H. The van der Waals surface area contributed by atoms with Gasteiger partial charge in [-0.1, -0.05) is 97.1 Å². The van der Waals surface area contributed by atoms with Gasteiger partial charge in [0, 0.05) is 0 Å². The summed E-state index contributed by atoms with van der Waals surface area (Å²) in [5.41, 5.74) is 2.42. The van der Waals surface area contributed by atoms with Crippen molar-refractivity contribution in [2.75, 3.05) is 0 Å². The summed E-state index contributed by atoms with van der Waals surface area (Å²) >= 11 is 0. The van der Waals surface area contributed by atoms with Crippen LogP contribution < -0.4 is 15.9 Å². The molecule has 0 atom stereocenters. The van der Waals surface area contributed by atoms with E-state index in [9.17, 15) is 4.39 Å². The van der Waals surface area contributed by atoms with Gasteiger partial charge in [0.05, 0.1) is 0 Å². The van der Waals surface area contributed by atoms with Crippen LogP contribution in [0, 0.1) is 5.82 Å². The van der Waals surface area contributed by atoms with E-state index in [0.29, 0.717) is 0 Å². The van der Waals surface area contributed by atoms with Crippen molar-refractivity contribution in [3.63, 3.8) is 0 Å². The fourth-order valence-corrected chi connectivity index (χ4v) is 5.75. The van der Waals surface area contributed by atoms with Crippen LogP contribution in [0.3, 0.4) is 0 Å². The molecule has 0 spiro atoms. The van der Waals surface area contributed by atoms with Gasteiger partial charge >= 0.3 is 0 Å². The Morgan fingerprint density at radius 3 is 1.64 bits per heavy atom. The highest BCUT2D eigenvalue weighted by molar-refractivity contribution is 8.93. The number of rotatable bonds is 5. The Hall–Kier alpha value is -2.28. The average Bonchev–Trinajstić information content (AvgIpc) is 2.73. The highest BCUT2D eigenvalue weighted by Gasteiger charge is 2.19. The van der Waals surface area contributed by atoms with Gasteiger partial charge in [-0.25, -0.2) is 4.39 Å². The van der Waals surface area contributed by atoms with E-state index in [1.54, 1.807) is 0 Å². The Balaban J connectivity index is 0.00000225. The van der Waals surface area contributed by atoms with Gasteiger partial charge in [-0.05, 0) is 53.5 Å². The number of hydrogen-bond donors (Lipinski definition) is 0. The van der Waals surface area contributed by atoms with Crippen molar-refractivity contribution >= 4 is 40.8 Å². The van der Waals surface area contributed by atoms with Crippen molar-refractivity contribution in [2.24, 2.45) is 0 Å². The molecule has 0 unspecified atom stereocenters. The normalized spacial score (nSPS) is 10.5. The second kappa shape index (κ2) is 9.78. The second-order valence-corrected chi connectivity index (χ2v) is 8.62. The molecule has 4 aromatic carbocycles. The Kier molecular flexibility index (Phi) is 7.14. The van der Waals surface area contributed by atoms with Gasteiger partial charge in [-0.3, -0.25) is 0 Å². The first-order chi connectivity index (χ1) is 13.3. The molecule has 0 aliphatic rings. The monoisotopic (exact) mass is 450 g/mol. The van der Waals surface area contributed by atoms with Crippen LogP contribution in [0.4, 0.5) is 4.39 Å². The van der Waals surface area contributed by atoms with E-state index < -0.39 is 7.92 Å². The van der Waals surface area contributed by atoms with E-state index in [1.807, 2.05) is 12.1 Å². The maximum Gasteiger partial charge on any atom is 0.123 e. The molecule has 0 bridgehead atoms. The second-order valence-electron chi connectivity index (χ2n) is 6.44. The Morgan fingerprint density at radius 2 is 1.07 bits per heavy atom. The lowest BCUT2D eigenvalue weighted by Crippen LogP contribution is -2.23. The minimum atomic E-state index is -0.643. The molecule has 0 saturated heterocycles. The first-order valence-electron chi connectivity index (χ1n) is 9.04. The van der Waals surface area contributed by atoms with Crippen LogP contribution in [0.2, 0.25) is 0 Å². The number of halogens is 2. The third-order valence-electron chi connectivity index (χ3n) is 4.57. The van der Waals surface area contributed by atoms with Crippen molar-refractivity contribution in [3.8, 4) is 0 Å². The van der Waals surface area contributed by atoms with Crippen molar-refractivity contribution in [1.29, 1.82) is 0 Å². The number of hydrogen-bond acceptors (Lipinski definition) is 0.